The molecule has 1 amide bonds. The lowest BCUT2D eigenvalue weighted by Crippen LogP contribution is -2.41. The van der Waals surface area contributed by atoms with E-state index >= 15 is 0 Å². The number of aromatic nitrogens is 2. The number of carbonyl (C=O) groups is 1. The minimum Gasteiger partial charge on any atom is -0.352 e. The van der Waals surface area contributed by atoms with Crippen molar-refractivity contribution >= 4 is 5.91 Å². The number of amides is 1. The molecule has 2 N–H and O–H groups in total. The van der Waals surface area contributed by atoms with E-state index in [9.17, 15) is 9.59 Å². The van der Waals surface area contributed by atoms with Crippen LogP contribution in [-0.4, -0.2) is 28.3 Å². The molecule has 0 saturated carbocycles. The highest BCUT2D eigenvalue weighted by Crippen LogP contribution is 2.07. The second kappa shape index (κ2) is 6.17. The van der Waals surface area contributed by atoms with E-state index in [2.05, 4.69) is 15.7 Å². The van der Waals surface area contributed by atoms with Crippen molar-refractivity contribution in [1.82, 2.24) is 20.4 Å². The van der Waals surface area contributed by atoms with E-state index in [1.54, 1.807) is 6.07 Å². The zero-order chi connectivity index (χ0) is 14.7. The van der Waals surface area contributed by atoms with Gasteiger partial charge in [-0.15, -0.1) is 0 Å². The first-order valence-corrected chi connectivity index (χ1v) is 7.07. The van der Waals surface area contributed by atoms with Gasteiger partial charge in [-0.05, 0) is 18.4 Å². The van der Waals surface area contributed by atoms with Gasteiger partial charge in [0.15, 0.2) is 0 Å². The number of hydrogen-bond donors (Lipinski definition) is 2. The molecular weight excluding hydrogens is 256 g/mol. The van der Waals surface area contributed by atoms with Crippen LogP contribution in [0.5, 0.6) is 0 Å². The Morgan fingerprint density at radius 2 is 2.25 bits per heavy atom. The molecule has 1 aromatic heterocycles. The molecular formula is C14H22N4O2. The molecule has 0 bridgehead atoms. The third kappa shape index (κ3) is 3.45. The molecule has 0 saturated heterocycles. The molecule has 110 valence electrons. The fourth-order valence-corrected chi connectivity index (χ4v) is 2.08. The summed E-state index contributed by atoms with van der Waals surface area (Å²) in [6.45, 7) is 7.56. The minimum absolute atomic E-state index is 0.0173. The molecule has 6 nitrogen and oxygen atoms in total. The van der Waals surface area contributed by atoms with Crippen molar-refractivity contribution in [3.63, 3.8) is 0 Å². The largest absolute Gasteiger partial charge is 0.352 e. The Morgan fingerprint density at radius 3 is 2.95 bits per heavy atom. The van der Waals surface area contributed by atoms with Gasteiger partial charge in [0, 0.05) is 31.6 Å². The average Bonchev–Trinajstić information content (AvgIpc) is 2.39. The summed E-state index contributed by atoms with van der Waals surface area (Å²) in [5, 5.41) is 10.4. The van der Waals surface area contributed by atoms with E-state index < -0.39 is 0 Å². The van der Waals surface area contributed by atoms with E-state index in [1.165, 1.54) is 4.68 Å². The molecule has 6 heteroatoms. The van der Waals surface area contributed by atoms with Gasteiger partial charge in [0.1, 0.15) is 6.54 Å². The Bertz CT molecular complexity index is 551. The summed E-state index contributed by atoms with van der Waals surface area (Å²) in [5.41, 5.74) is 1.63. The number of fused-ring (bicyclic) bond motifs is 1. The van der Waals surface area contributed by atoms with Crippen LogP contribution >= 0.6 is 0 Å². The maximum Gasteiger partial charge on any atom is 0.267 e. The fraction of sp³-hybridized carbons (Fsp3) is 0.643. The van der Waals surface area contributed by atoms with Crippen LogP contribution in [0.15, 0.2) is 10.9 Å². The molecule has 2 rings (SSSR count). The van der Waals surface area contributed by atoms with Crippen LogP contribution in [0.1, 0.15) is 32.0 Å². The third-order valence-electron chi connectivity index (χ3n) is 3.70. The summed E-state index contributed by atoms with van der Waals surface area (Å²) in [4.78, 5) is 23.9. The topological polar surface area (TPSA) is 76.0 Å². The van der Waals surface area contributed by atoms with E-state index in [4.69, 9.17) is 0 Å². The molecule has 1 unspecified atom stereocenters. The van der Waals surface area contributed by atoms with E-state index in [0.717, 1.165) is 24.2 Å². The molecule has 1 aromatic rings. The van der Waals surface area contributed by atoms with Crippen LogP contribution in [0.25, 0.3) is 0 Å². The second-order valence-corrected chi connectivity index (χ2v) is 5.64. The normalized spacial score (nSPS) is 15.8. The quantitative estimate of drug-likeness (QED) is 0.816. The van der Waals surface area contributed by atoms with Crippen LogP contribution in [0, 0.1) is 5.92 Å². The lowest BCUT2D eigenvalue weighted by Gasteiger charge is -2.19. The van der Waals surface area contributed by atoms with Gasteiger partial charge < -0.3 is 10.6 Å². The maximum atomic E-state index is 11.9. The first kappa shape index (κ1) is 14.7. The average molecular weight is 278 g/mol. The summed E-state index contributed by atoms with van der Waals surface area (Å²) >= 11 is 0. The molecule has 0 aromatic carbocycles. The second-order valence-electron chi connectivity index (χ2n) is 5.64. The lowest BCUT2D eigenvalue weighted by atomic mass is 10.1. The predicted octanol–water partition coefficient (Wildman–Crippen LogP) is 0.0497. The van der Waals surface area contributed by atoms with Gasteiger partial charge in [0.05, 0.1) is 5.69 Å². The summed E-state index contributed by atoms with van der Waals surface area (Å²) in [6.07, 6.45) is 0.791. The van der Waals surface area contributed by atoms with Gasteiger partial charge in [-0.1, -0.05) is 13.8 Å². The Kier molecular flexibility index (Phi) is 4.54. The first-order chi connectivity index (χ1) is 9.47. The van der Waals surface area contributed by atoms with Gasteiger partial charge in [0.25, 0.3) is 5.56 Å². The molecule has 0 aliphatic carbocycles. The standard InChI is InChI=1S/C14H22N4O2/c1-9(2)10(3)16-13(19)8-18-14(20)6-11-7-15-5-4-12(11)17-18/h6,9-10,15H,4-5,7-8H2,1-3H3,(H,16,19). The van der Waals surface area contributed by atoms with Gasteiger partial charge in [-0.25, -0.2) is 4.68 Å². The molecule has 0 radical (unpaired) electrons. The number of nitrogens with one attached hydrogen (secondary N) is 2. The lowest BCUT2D eigenvalue weighted by molar-refractivity contribution is -0.122. The fourth-order valence-electron chi connectivity index (χ4n) is 2.08. The van der Waals surface area contributed by atoms with Gasteiger partial charge in [-0.3, -0.25) is 9.59 Å². The highest BCUT2D eigenvalue weighted by Gasteiger charge is 2.15. The van der Waals surface area contributed by atoms with Gasteiger partial charge in [0.2, 0.25) is 5.91 Å². The molecule has 1 atom stereocenters. The highest BCUT2D eigenvalue weighted by molar-refractivity contribution is 5.75. The van der Waals surface area contributed by atoms with Crippen molar-refractivity contribution in [1.29, 1.82) is 0 Å². The van der Waals surface area contributed by atoms with Crippen molar-refractivity contribution in [2.24, 2.45) is 5.92 Å². The van der Waals surface area contributed by atoms with E-state index in [1.807, 2.05) is 20.8 Å². The predicted molar refractivity (Wildman–Crippen MR) is 76.4 cm³/mol. The number of carbonyl (C=O) groups excluding carboxylic acids is 1. The summed E-state index contributed by atoms with van der Waals surface area (Å²) in [6, 6.07) is 1.66. The van der Waals surface area contributed by atoms with Crippen LogP contribution < -0.4 is 16.2 Å². The van der Waals surface area contributed by atoms with Crippen molar-refractivity contribution in [3.8, 4) is 0 Å². The highest BCUT2D eigenvalue weighted by atomic mass is 16.2. The third-order valence-corrected chi connectivity index (χ3v) is 3.70. The van der Waals surface area contributed by atoms with Crippen LogP contribution in [0.4, 0.5) is 0 Å². The number of rotatable bonds is 4. The van der Waals surface area contributed by atoms with Crippen LogP contribution in [-0.2, 0) is 24.3 Å². The number of nitrogens with zero attached hydrogens (tertiary/aromatic N) is 2. The number of hydrogen-bond acceptors (Lipinski definition) is 4. The van der Waals surface area contributed by atoms with Crippen molar-refractivity contribution in [2.75, 3.05) is 6.54 Å². The van der Waals surface area contributed by atoms with E-state index in [0.29, 0.717) is 12.5 Å². The zero-order valence-corrected chi connectivity index (χ0v) is 12.3. The van der Waals surface area contributed by atoms with Gasteiger partial charge in [-0.2, -0.15) is 5.10 Å². The van der Waals surface area contributed by atoms with E-state index in [-0.39, 0.29) is 24.1 Å². The van der Waals surface area contributed by atoms with Crippen molar-refractivity contribution in [2.45, 2.75) is 46.3 Å². The van der Waals surface area contributed by atoms with Crippen molar-refractivity contribution in [3.05, 3.63) is 27.7 Å². The molecule has 1 aliphatic heterocycles. The summed E-state index contributed by atoms with van der Waals surface area (Å²) in [5.74, 6) is 0.188. The molecule has 1 aliphatic rings. The summed E-state index contributed by atoms with van der Waals surface area (Å²) < 4.78 is 1.26. The molecule has 20 heavy (non-hydrogen) atoms. The van der Waals surface area contributed by atoms with Crippen molar-refractivity contribution < 1.29 is 4.79 Å². The Labute approximate surface area is 118 Å². The Hall–Kier alpha value is -1.69. The smallest absolute Gasteiger partial charge is 0.267 e. The monoisotopic (exact) mass is 278 g/mol. The molecule has 0 spiro atoms. The summed E-state index contributed by atoms with van der Waals surface area (Å²) in [7, 11) is 0. The van der Waals surface area contributed by atoms with Gasteiger partial charge >= 0.3 is 0 Å². The Morgan fingerprint density at radius 1 is 1.50 bits per heavy atom. The maximum absolute atomic E-state index is 11.9. The molecule has 2 heterocycles. The van der Waals surface area contributed by atoms with Crippen LogP contribution in [0.2, 0.25) is 0 Å². The first-order valence-electron chi connectivity index (χ1n) is 7.07. The molecule has 0 fully saturated rings. The zero-order valence-electron chi connectivity index (χ0n) is 12.3. The minimum atomic E-state index is -0.222. The van der Waals surface area contributed by atoms with Crippen LogP contribution in [0.3, 0.4) is 0 Å². The Balaban J connectivity index is 2.09. The SMILES string of the molecule is CC(C)C(C)NC(=O)Cn1nc2c(cc1=O)CNCC2.